The second kappa shape index (κ2) is 8.34. The van der Waals surface area contributed by atoms with Crippen LogP contribution in [0.15, 0.2) is 46.3 Å². The molecule has 1 aliphatic rings. The van der Waals surface area contributed by atoms with Gasteiger partial charge in [-0.1, -0.05) is 61.4 Å². The van der Waals surface area contributed by atoms with Gasteiger partial charge in [-0.3, -0.25) is 9.59 Å². The third-order valence-electron chi connectivity index (χ3n) is 4.40. The molecule has 5 nitrogen and oxygen atoms in total. The van der Waals surface area contributed by atoms with Gasteiger partial charge in [-0.05, 0) is 19.8 Å². The first-order valence-electron chi connectivity index (χ1n) is 8.75. The number of hydrogen-bond acceptors (Lipinski definition) is 4. The molecule has 1 saturated carbocycles. The molecule has 0 unspecified atom stereocenters. The fourth-order valence-corrected chi connectivity index (χ4v) is 3.85. The summed E-state index contributed by atoms with van der Waals surface area (Å²) in [6, 6.07) is 11.3. The summed E-state index contributed by atoms with van der Waals surface area (Å²) in [5, 5.41) is 3.28. The van der Waals surface area contributed by atoms with Crippen molar-refractivity contribution in [2.45, 2.75) is 55.5 Å². The molecule has 1 atom stereocenters. The Morgan fingerprint density at radius 1 is 1.24 bits per heavy atom. The molecular formula is C19H23N3O2S. The monoisotopic (exact) mass is 357 g/mol. The number of hydrogen-bond donors (Lipinski definition) is 2. The van der Waals surface area contributed by atoms with E-state index in [1.165, 1.54) is 37.1 Å². The van der Waals surface area contributed by atoms with E-state index in [9.17, 15) is 9.59 Å². The number of benzene rings is 1. The molecule has 0 aliphatic heterocycles. The largest absolute Gasteiger partial charge is 0.352 e. The third kappa shape index (κ3) is 4.95. The summed E-state index contributed by atoms with van der Waals surface area (Å²) in [6.45, 7) is 1.85. The van der Waals surface area contributed by atoms with Gasteiger partial charge in [0.15, 0.2) is 5.16 Å². The van der Waals surface area contributed by atoms with Crippen LogP contribution in [0.5, 0.6) is 0 Å². The normalized spacial score (nSPS) is 16.4. The number of carbonyl (C=O) groups is 1. The fraction of sp³-hybridized carbons (Fsp3) is 0.421. The number of amides is 1. The molecule has 1 aromatic heterocycles. The first kappa shape index (κ1) is 17.7. The number of thioether (sulfide) groups is 1. The SMILES string of the molecule is C[C@H](Sc1nc(-c2ccccc2)cc(=O)[nH]1)C(=O)NC1CCCCC1. The lowest BCUT2D eigenvalue weighted by Crippen LogP contribution is -2.40. The van der Waals surface area contributed by atoms with Crippen molar-refractivity contribution in [1.29, 1.82) is 0 Å². The van der Waals surface area contributed by atoms with Gasteiger partial charge in [-0.2, -0.15) is 0 Å². The van der Waals surface area contributed by atoms with E-state index in [2.05, 4.69) is 15.3 Å². The summed E-state index contributed by atoms with van der Waals surface area (Å²) in [5.74, 6) is 0.00432. The van der Waals surface area contributed by atoms with Crippen LogP contribution in [0.2, 0.25) is 0 Å². The average Bonchev–Trinajstić information content (AvgIpc) is 2.63. The number of carbonyl (C=O) groups excluding carboxylic acids is 1. The van der Waals surface area contributed by atoms with E-state index in [0.29, 0.717) is 10.9 Å². The van der Waals surface area contributed by atoms with Crippen molar-refractivity contribution in [3.63, 3.8) is 0 Å². The zero-order valence-corrected chi connectivity index (χ0v) is 15.1. The van der Waals surface area contributed by atoms with Crippen molar-refractivity contribution in [3.05, 3.63) is 46.8 Å². The van der Waals surface area contributed by atoms with E-state index < -0.39 is 0 Å². The second-order valence-corrected chi connectivity index (χ2v) is 7.73. The van der Waals surface area contributed by atoms with Crippen molar-refractivity contribution >= 4 is 17.7 Å². The lowest BCUT2D eigenvalue weighted by molar-refractivity contribution is -0.121. The highest BCUT2D eigenvalue weighted by Crippen LogP contribution is 2.23. The van der Waals surface area contributed by atoms with E-state index in [1.807, 2.05) is 37.3 Å². The van der Waals surface area contributed by atoms with Crippen LogP contribution in [-0.2, 0) is 4.79 Å². The van der Waals surface area contributed by atoms with Crippen molar-refractivity contribution in [1.82, 2.24) is 15.3 Å². The van der Waals surface area contributed by atoms with E-state index in [-0.39, 0.29) is 22.8 Å². The van der Waals surface area contributed by atoms with Gasteiger partial charge in [-0.15, -0.1) is 0 Å². The summed E-state index contributed by atoms with van der Waals surface area (Å²) in [4.78, 5) is 31.6. The van der Waals surface area contributed by atoms with Gasteiger partial charge in [0.2, 0.25) is 5.91 Å². The number of aromatic amines is 1. The molecule has 1 fully saturated rings. The summed E-state index contributed by atoms with van der Waals surface area (Å²) in [6.07, 6.45) is 5.73. The van der Waals surface area contributed by atoms with Crippen LogP contribution in [-0.4, -0.2) is 27.2 Å². The molecule has 1 aliphatic carbocycles. The van der Waals surface area contributed by atoms with Gasteiger partial charge in [0.25, 0.3) is 5.56 Å². The smallest absolute Gasteiger partial charge is 0.252 e. The fourth-order valence-electron chi connectivity index (χ4n) is 3.03. The zero-order chi connectivity index (χ0) is 17.6. The molecule has 0 spiro atoms. The number of H-pyrrole nitrogens is 1. The van der Waals surface area contributed by atoms with Gasteiger partial charge < -0.3 is 10.3 Å². The van der Waals surface area contributed by atoms with Crippen LogP contribution in [0, 0.1) is 0 Å². The quantitative estimate of drug-likeness (QED) is 0.635. The Hall–Kier alpha value is -2.08. The molecule has 1 aromatic carbocycles. The molecule has 2 N–H and O–H groups in total. The molecule has 1 amide bonds. The molecule has 0 bridgehead atoms. The van der Waals surface area contributed by atoms with Gasteiger partial charge >= 0.3 is 0 Å². The summed E-state index contributed by atoms with van der Waals surface area (Å²) in [7, 11) is 0. The molecule has 2 aromatic rings. The van der Waals surface area contributed by atoms with Crippen LogP contribution in [0.25, 0.3) is 11.3 Å². The molecule has 0 radical (unpaired) electrons. The zero-order valence-electron chi connectivity index (χ0n) is 14.3. The number of nitrogens with zero attached hydrogens (tertiary/aromatic N) is 1. The standard InChI is InChI=1S/C19H23N3O2S/c1-13(18(24)20-15-10-6-3-7-11-15)25-19-21-16(12-17(23)22-19)14-8-4-2-5-9-14/h2,4-5,8-9,12-13,15H,3,6-7,10-11H2,1H3,(H,20,24)(H,21,22,23)/t13-/m0/s1. The van der Waals surface area contributed by atoms with Crippen LogP contribution in [0.3, 0.4) is 0 Å². The Balaban J connectivity index is 1.68. The lowest BCUT2D eigenvalue weighted by atomic mass is 9.95. The Kier molecular flexibility index (Phi) is 5.91. The van der Waals surface area contributed by atoms with E-state index in [1.54, 1.807) is 0 Å². The maximum atomic E-state index is 12.4. The lowest BCUT2D eigenvalue weighted by Gasteiger charge is -2.24. The number of aromatic nitrogens is 2. The third-order valence-corrected chi connectivity index (χ3v) is 5.38. The van der Waals surface area contributed by atoms with Gasteiger partial charge in [0.1, 0.15) is 0 Å². The predicted molar refractivity (Wildman–Crippen MR) is 101 cm³/mol. The Morgan fingerprint density at radius 3 is 2.68 bits per heavy atom. The van der Waals surface area contributed by atoms with Crippen LogP contribution in [0.1, 0.15) is 39.0 Å². The van der Waals surface area contributed by atoms with E-state index in [0.717, 1.165) is 18.4 Å². The van der Waals surface area contributed by atoms with E-state index in [4.69, 9.17) is 0 Å². The van der Waals surface area contributed by atoms with Gasteiger partial charge in [0.05, 0.1) is 10.9 Å². The molecule has 132 valence electrons. The van der Waals surface area contributed by atoms with Crippen molar-refractivity contribution < 1.29 is 4.79 Å². The number of nitrogens with one attached hydrogen (secondary N) is 2. The maximum absolute atomic E-state index is 12.4. The van der Waals surface area contributed by atoms with Crippen LogP contribution in [0.4, 0.5) is 0 Å². The highest BCUT2D eigenvalue weighted by Gasteiger charge is 2.21. The van der Waals surface area contributed by atoms with Gasteiger partial charge in [0, 0.05) is 17.7 Å². The highest BCUT2D eigenvalue weighted by atomic mass is 32.2. The minimum absolute atomic E-state index is 0.00432. The Bertz CT molecular complexity index is 770. The van der Waals surface area contributed by atoms with Gasteiger partial charge in [-0.25, -0.2) is 4.98 Å². The van der Waals surface area contributed by atoms with Crippen molar-refractivity contribution in [3.8, 4) is 11.3 Å². The first-order chi connectivity index (χ1) is 12.1. The maximum Gasteiger partial charge on any atom is 0.252 e. The predicted octanol–water partition coefficient (Wildman–Crippen LogP) is 3.37. The Labute approximate surface area is 151 Å². The number of rotatable bonds is 5. The van der Waals surface area contributed by atoms with E-state index >= 15 is 0 Å². The molecule has 0 saturated heterocycles. The molecule has 25 heavy (non-hydrogen) atoms. The minimum atomic E-state index is -0.309. The highest BCUT2D eigenvalue weighted by molar-refractivity contribution is 8.00. The molecule has 1 heterocycles. The van der Waals surface area contributed by atoms with Crippen LogP contribution >= 0.6 is 11.8 Å². The minimum Gasteiger partial charge on any atom is -0.352 e. The average molecular weight is 357 g/mol. The summed E-state index contributed by atoms with van der Waals surface area (Å²) < 4.78 is 0. The first-order valence-corrected chi connectivity index (χ1v) is 9.63. The van der Waals surface area contributed by atoms with Crippen molar-refractivity contribution in [2.75, 3.05) is 0 Å². The second-order valence-electron chi connectivity index (χ2n) is 6.41. The summed E-state index contributed by atoms with van der Waals surface area (Å²) in [5.41, 5.74) is 1.29. The summed E-state index contributed by atoms with van der Waals surface area (Å²) >= 11 is 1.28. The molecule has 3 rings (SSSR count). The van der Waals surface area contributed by atoms with Crippen LogP contribution < -0.4 is 10.9 Å². The Morgan fingerprint density at radius 2 is 1.96 bits per heavy atom. The molecule has 6 heteroatoms. The topological polar surface area (TPSA) is 74.8 Å². The molecular weight excluding hydrogens is 334 g/mol. The van der Waals surface area contributed by atoms with Crippen molar-refractivity contribution in [2.24, 2.45) is 0 Å².